The van der Waals surface area contributed by atoms with Gasteiger partial charge in [0, 0.05) is 53.0 Å². The first-order valence-electron chi connectivity index (χ1n) is 9.31. The molecule has 2 rings (SSSR count). The maximum absolute atomic E-state index is 10.0. The van der Waals surface area contributed by atoms with E-state index in [1.807, 2.05) is 18.2 Å². The molecule has 7 heteroatoms. The van der Waals surface area contributed by atoms with Gasteiger partial charge in [-0.15, -0.1) is 24.0 Å². The number of aliphatic imine (C=N–C) groups is 1. The molecule has 1 fully saturated rings. The molecule has 0 atom stereocenters. The van der Waals surface area contributed by atoms with Crippen LogP contribution in [0.15, 0.2) is 29.3 Å². The summed E-state index contributed by atoms with van der Waals surface area (Å²) < 4.78 is 5.08. The third-order valence-corrected chi connectivity index (χ3v) is 4.40. The van der Waals surface area contributed by atoms with E-state index >= 15 is 0 Å². The van der Waals surface area contributed by atoms with E-state index in [1.165, 1.54) is 0 Å². The van der Waals surface area contributed by atoms with Crippen LogP contribution in [-0.2, 0) is 4.74 Å². The molecule has 1 heterocycles. The summed E-state index contributed by atoms with van der Waals surface area (Å²) in [6.45, 7) is 8.25. The van der Waals surface area contributed by atoms with Crippen molar-refractivity contribution in [3.05, 3.63) is 24.3 Å². The Kier molecular flexibility index (Phi) is 11.4. The second kappa shape index (κ2) is 13.0. The molecule has 26 heavy (non-hydrogen) atoms. The van der Waals surface area contributed by atoms with E-state index < -0.39 is 0 Å². The van der Waals surface area contributed by atoms with E-state index in [0.29, 0.717) is 5.75 Å². The Labute approximate surface area is 174 Å². The van der Waals surface area contributed by atoms with Crippen LogP contribution < -0.4 is 10.2 Å². The van der Waals surface area contributed by atoms with Gasteiger partial charge in [0.15, 0.2) is 5.96 Å². The highest BCUT2D eigenvalue weighted by molar-refractivity contribution is 14.0. The number of anilines is 1. The Morgan fingerprint density at radius 1 is 1.15 bits per heavy atom. The van der Waals surface area contributed by atoms with Crippen LogP contribution in [0, 0.1) is 0 Å². The van der Waals surface area contributed by atoms with E-state index in [9.17, 15) is 5.11 Å². The minimum atomic E-state index is 0. The van der Waals surface area contributed by atoms with Crippen LogP contribution in [0.2, 0.25) is 0 Å². The van der Waals surface area contributed by atoms with Crippen LogP contribution in [0.3, 0.4) is 0 Å². The number of rotatable bonds is 8. The van der Waals surface area contributed by atoms with Gasteiger partial charge in [-0.1, -0.05) is 12.1 Å². The first-order valence-corrected chi connectivity index (χ1v) is 9.31. The lowest BCUT2D eigenvalue weighted by Crippen LogP contribution is -2.52. The molecule has 1 aliphatic rings. The molecular weight excluding hydrogens is 443 g/mol. The summed E-state index contributed by atoms with van der Waals surface area (Å²) in [4.78, 5) is 9.32. The molecule has 1 aliphatic heterocycles. The quantitative estimate of drug-likeness (QED) is 0.262. The van der Waals surface area contributed by atoms with Crippen molar-refractivity contribution in [1.82, 2.24) is 10.2 Å². The first-order chi connectivity index (χ1) is 12.3. The smallest absolute Gasteiger partial charge is 0.194 e. The zero-order chi connectivity index (χ0) is 17.9. The van der Waals surface area contributed by atoms with Gasteiger partial charge in [0.1, 0.15) is 5.75 Å². The zero-order valence-electron chi connectivity index (χ0n) is 16.0. The lowest BCUT2D eigenvalue weighted by Gasteiger charge is -2.37. The van der Waals surface area contributed by atoms with Crippen LogP contribution >= 0.6 is 24.0 Å². The van der Waals surface area contributed by atoms with E-state index in [1.54, 1.807) is 13.2 Å². The van der Waals surface area contributed by atoms with Gasteiger partial charge in [-0.2, -0.15) is 0 Å². The molecule has 0 bridgehead atoms. The number of methoxy groups -OCH3 is 1. The molecule has 0 aromatic heterocycles. The number of guanidine groups is 1. The van der Waals surface area contributed by atoms with E-state index in [4.69, 9.17) is 9.73 Å². The van der Waals surface area contributed by atoms with Crippen molar-refractivity contribution in [2.75, 3.05) is 57.9 Å². The van der Waals surface area contributed by atoms with Crippen molar-refractivity contribution < 1.29 is 9.84 Å². The number of piperazine rings is 1. The Morgan fingerprint density at radius 2 is 1.88 bits per heavy atom. The maximum Gasteiger partial charge on any atom is 0.194 e. The fraction of sp³-hybridized carbons (Fsp3) is 0.632. The zero-order valence-corrected chi connectivity index (χ0v) is 18.3. The monoisotopic (exact) mass is 476 g/mol. The molecule has 2 N–H and O–H groups in total. The molecule has 6 nitrogen and oxygen atoms in total. The highest BCUT2D eigenvalue weighted by Gasteiger charge is 2.21. The summed E-state index contributed by atoms with van der Waals surface area (Å²) in [6, 6.07) is 7.55. The first kappa shape index (κ1) is 22.8. The number of hydrogen-bond donors (Lipinski definition) is 2. The third-order valence-electron chi connectivity index (χ3n) is 4.40. The normalized spacial score (nSPS) is 14.9. The summed E-state index contributed by atoms with van der Waals surface area (Å²) >= 11 is 0. The number of halogens is 1. The molecule has 0 saturated carbocycles. The Hall–Kier alpha value is -1.22. The third kappa shape index (κ3) is 7.19. The number of para-hydroxylation sites is 2. The van der Waals surface area contributed by atoms with Crippen LogP contribution in [0.5, 0.6) is 5.75 Å². The molecule has 0 spiro atoms. The van der Waals surface area contributed by atoms with E-state index in [0.717, 1.165) is 76.8 Å². The van der Waals surface area contributed by atoms with E-state index in [2.05, 4.69) is 22.0 Å². The SMILES string of the molecule is CCNC(=NCCCCCOC)N1CCN(c2ccccc2O)CC1.I. The summed E-state index contributed by atoms with van der Waals surface area (Å²) in [5, 5.41) is 13.4. The molecule has 0 aliphatic carbocycles. The fourth-order valence-electron chi connectivity index (χ4n) is 3.04. The Morgan fingerprint density at radius 3 is 2.54 bits per heavy atom. The summed E-state index contributed by atoms with van der Waals surface area (Å²) in [6.07, 6.45) is 3.34. The minimum Gasteiger partial charge on any atom is -0.506 e. The number of aromatic hydroxyl groups is 1. The highest BCUT2D eigenvalue weighted by atomic mass is 127. The van der Waals surface area contributed by atoms with Crippen molar-refractivity contribution in [2.45, 2.75) is 26.2 Å². The van der Waals surface area contributed by atoms with Crippen LogP contribution in [0.1, 0.15) is 26.2 Å². The molecule has 0 unspecified atom stereocenters. The topological polar surface area (TPSA) is 60.3 Å². The van der Waals surface area contributed by atoms with Gasteiger partial charge >= 0.3 is 0 Å². The fourth-order valence-corrected chi connectivity index (χ4v) is 3.04. The number of unbranched alkanes of at least 4 members (excludes halogenated alkanes) is 2. The van der Waals surface area contributed by atoms with Gasteiger partial charge in [0.2, 0.25) is 0 Å². The average Bonchev–Trinajstić information content (AvgIpc) is 2.64. The van der Waals surface area contributed by atoms with Gasteiger partial charge in [0.05, 0.1) is 5.69 Å². The minimum absolute atomic E-state index is 0. The van der Waals surface area contributed by atoms with Gasteiger partial charge < -0.3 is 25.0 Å². The number of phenols is 1. The number of ether oxygens (including phenoxy) is 1. The molecule has 148 valence electrons. The van der Waals surface area contributed by atoms with Gasteiger partial charge in [0.25, 0.3) is 0 Å². The number of hydrogen-bond acceptors (Lipinski definition) is 4. The molecule has 1 aromatic carbocycles. The number of nitrogens with zero attached hydrogens (tertiary/aromatic N) is 3. The summed E-state index contributed by atoms with van der Waals surface area (Å²) in [7, 11) is 1.75. The van der Waals surface area contributed by atoms with Crippen LogP contribution in [0.25, 0.3) is 0 Å². The van der Waals surface area contributed by atoms with E-state index in [-0.39, 0.29) is 24.0 Å². The molecule has 0 radical (unpaired) electrons. The lowest BCUT2D eigenvalue weighted by molar-refractivity contribution is 0.192. The lowest BCUT2D eigenvalue weighted by atomic mass is 10.2. The van der Waals surface area contributed by atoms with Crippen molar-refractivity contribution in [3.8, 4) is 5.75 Å². The predicted octanol–water partition coefficient (Wildman–Crippen LogP) is 2.91. The van der Waals surface area contributed by atoms with Crippen LogP contribution in [-0.4, -0.2) is 69.0 Å². The van der Waals surface area contributed by atoms with Gasteiger partial charge in [-0.3, -0.25) is 4.99 Å². The average molecular weight is 476 g/mol. The molecular formula is C19H33IN4O2. The highest BCUT2D eigenvalue weighted by Crippen LogP contribution is 2.27. The predicted molar refractivity (Wildman–Crippen MR) is 119 cm³/mol. The summed E-state index contributed by atoms with van der Waals surface area (Å²) in [5.41, 5.74) is 0.919. The summed E-state index contributed by atoms with van der Waals surface area (Å²) in [5.74, 6) is 1.36. The molecule has 1 saturated heterocycles. The van der Waals surface area contributed by atoms with Crippen LogP contribution in [0.4, 0.5) is 5.69 Å². The molecule has 1 aromatic rings. The Bertz CT molecular complexity index is 534. The van der Waals surface area contributed by atoms with Crippen molar-refractivity contribution in [3.63, 3.8) is 0 Å². The largest absolute Gasteiger partial charge is 0.506 e. The van der Waals surface area contributed by atoms with Crippen molar-refractivity contribution in [2.24, 2.45) is 4.99 Å². The Balaban J connectivity index is 0.00000338. The number of phenolic OH excluding ortho intramolecular Hbond substituents is 1. The number of benzene rings is 1. The second-order valence-electron chi connectivity index (χ2n) is 6.25. The standard InChI is InChI=1S/C19H32N4O2.HI/c1-3-20-19(21-11-7-4-8-16-25-2)23-14-12-22(13-15-23)17-9-5-6-10-18(17)24;/h5-6,9-10,24H,3-4,7-8,11-16H2,1-2H3,(H,20,21);1H. The van der Waals surface area contributed by atoms with Gasteiger partial charge in [-0.05, 0) is 38.3 Å². The van der Waals surface area contributed by atoms with Crippen molar-refractivity contribution >= 4 is 35.6 Å². The van der Waals surface area contributed by atoms with Crippen molar-refractivity contribution in [1.29, 1.82) is 0 Å². The number of nitrogens with one attached hydrogen (secondary N) is 1. The second-order valence-corrected chi connectivity index (χ2v) is 6.25. The van der Waals surface area contributed by atoms with Gasteiger partial charge in [-0.25, -0.2) is 0 Å². The molecule has 0 amide bonds. The maximum atomic E-state index is 10.0.